The van der Waals surface area contributed by atoms with E-state index >= 15 is 0 Å². The van der Waals surface area contributed by atoms with E-state index in [9.17, 15) is 4.79 Å². The van der Waals surface area contributed by atoms with Gasteiger partial charge in [-0.3, -0.25) is 4.79 Å². The Bertz CT molecular complexity index is 245. The zero-order valence-corrected chi connectivity index (χ0v) is 11.4. The van der Waals surface area contributed by atoms with Crippen molar-refractivity contribution in [2.75, 3.05) is 0 Å². The number of ether oxygens (including phenoxy) is 1. The van der Waals surface area contributed by atoms with E-state index in [0.29, 0.717) is 17.8 Å². The highest BCUT2D eigenvalue weighted by atomic mass is 16.5. The van der Waals surface area contributed by atoms with Gasteiger partial charge in [-0.2, -0.15) is 0 Å². The SMILES string of the molecule is CCC(=O)C(C)OC1CC(C)CC(C)(C)C1. The van der Waals surface area contributed by atoms with E-state index in [1.807, 2.05) is 13.8 Å². The molecule has 0 N–H and O–H groups in total. The second-order valence-electron chi connectivity index (χ2n) is 6.13. The summed E-state index contributed by atoms with van der Waals surface area (Å²) in [5.41, 5.74) is 0.358. The Morgan fingerprint density at radius 3 is 2.56 bits per heavy atom. The summed E-state index contributed by atoms with van der Waals surface area (Å²) < 4.78 is 5.90. The number of Topliss-reactive ketones (excluding diaryl/α,β-unsaturated/α-hetero) is 1. The molecule has 3 unspecified atom stereocenters. The fourth-order valence-corrected chi connectivity index (χ4v) is 3.01. The molecule has 0 aromatic rings. The van der Waals surface area contributed by atoms with Gasteiger partial charge < -0.3 is 4.74 Å². The summed E-state index contributed by atoms with van der Waals surface area (Å²) in [5, 5.41) is 0. The van der Waals surface area contributed by atoms with E-state index in [-0.39, 0.29) is 18.0 Å². The van der Waals surface area contributed by atoms with E-state index in [0.717, 1.165) is 12.8 Å². The molecule has 1 saturated carbocycles. The van der Waals surface area contributed by atoms with Crippen LogP contribution in [0.4, 0.5) is 0 Å². The summed E-state index contributed by atoms with van der Waals surface area (Å²) in [6, 6.07) is 0. The molecule has 1 rings (SSSR count). The third kappa shape index (κ3) is 3.89. The lowest BCUT2D eigenvalue weighted by molar-refractivity contribution is -0.136. The molecule has 0 heterocycles. The van der Waals surface area contributed by atoms with Crippen LogP contribution in [0.25, 0.3) is 0 Å². The minimum absolute atomic E-state index is 0.219. The van der Waals surface area contributed by atoms with Crippen LogP contribution >= 0.6 is 0 Å². The molecule has 2 nitrogen and oxygen atoms in total. The first-order chi connectivity index (χ1) is 7.34. The fraction of sp³-hybridized carbons (Fsp3) is 0.929. The molecule has 0 radical (unpaired) electrons. The molecule has 0 aliphatic heterocycles. The van der Waals surface area contributed by atoms with Crippen LogP contribution in [0.15, 0.2) is 0 Å². The standard InChI is InChI=1S/C14H26O2/c1-6-13(15)11(3)16-12-7-10(2)8-14(4,5)9-12/h10-12H,6-9H2,1-5H3. The van der Waals surface area contributed by atoms with Crippen molar-refractivity contribution >= 4 is 5.78 Å². The zero-order valence-electron chi connectivity index (χ0n) is 11.4. The number of ketones is 1. The summed E-state index contributed by atoms with van der Waals surface area (Å²) in [6.07, 6.45) is 4.07. The summed E-state index contributed by atoms with van der Waals surface area (Å²) in [7, 11) is 0. The van der Waals surface area contributed by atoms with Gasteiger partial charge in [0.25, 0.3) is 0 Å². The maximum absolute atomic E-state index is 11.5. The Morgan fingerprint density at radius 2 is 2.06 bits per heavy atom. The average Bonchev–Trinajstić information content (AvgIpc) is 2.12. The van der Waals surface area contributed by atoms with Crippen molar-refractivity contribution in [2.24, 2.45) is 11.3 Å². The van der Waals surface area contributed by atoms with Gasteiger partial charge in [0.1, 0.15) is 6.10 Å². The molecule has 0 aromatic carbocycles. The van der Waals surface area contributed by atoms with Crippen molar-refractivity contribution in [3.8, 4) is 0 Å². The van der Waals surface area contributed by atoms with E-state index in [4.69, 9.17) is 4.74 Å². The number of carbonyl (C=O) groups excluding carboxylic acids is 1. The lowest BCUT2D eigenvalue weighted by Gasteiger charge is -2.39. The first-order valence-corrected chi connectivity index (χ1v) is 6.52. The van der Waals surface area contributed by atoms with Gasteiger partial charge in [-0.25, -0.2) is 0 Å². The highest BCUT2D eigenvalue weighted by Gasteiger charge is 2.33. The molecule has 2 heteroatoms. The number of carbonyl (C=O) groups is 1. The van der Waals surface area contributed by atoms with Crippen LogP contribution < -0.4 is 0 Å². The molecule has 3 atom stereocenters. The van der Waals surface area contributed by atoms with Crippen molar-refractivity contribution < 1.29 is 9.53 Å². The molecular formula is C14H26O2. The Hall–Kier alpha value is -0.370. The summed E-state index contributed by atoms with van der Waals surface area (Å²) >= 11 is 0. The molecule has 0 amide bonds. The van der Waals surface area contributed by atoms with Crippen LogP contribution in [0.3, 0.4) is 0 Å². The summed E-state index contributed by atoms with van der Waals surface area (Å²) in [4.78, 5) is 11.5. The Balaban J connectivity index is 2.51. The smallest absolute Gasteiger partial charge is 0.161 e. The fourth-order valence-electron chi connectivity index (χ4n) is 3.01. The second kappa shape index (κ2) is 5.31. The van der Waals surface area contributed by atoms with Gasteiger partial charge in [0.15, 0.2) is 5.78 Å². The molecule has 94 valence electrons. The highest BCUT2D eigenvalue weighted by Crippen LogP contribution is 2.40. The van der Waals surface area contributed by atoms with Gasteiger partial charge in [0.2, 0.25) is 0 Å². The van der Waals surface area contributed by atoms with Crippen LogP contribution in [-0.4, -0.2) is 18.0 Å². The van der Waals surface area contributed by atoms with Crippen molar-refractivity contribution in [1.82, 2.24) is 0 Å². The largest absolute Gasteiger partial charge is 0.367 e. The molecule has 16 heavy (non-hydrogen) atoms. The van der Waals surface area contributed by atoms with Crippen LogP contribution in [0, 0.1) is 11.3 Å². The predicted octanol–water partition coefficient (Wildman–Crippen LogP) is 3.59. The molecule has 1 aliphatic carbocycles. The number of rotatable bonds is 4. The molecule has 1 aliphatic rings. The first-order valence-electron chi connectivity index (χ1n) is 6.52. The lowest BCUT2D eigenvalue weighted by atomic mass is 9.71. The second-order valence-corrected chi connectivity index (χ2v) is 6.13. The minimum atomic E-state index is -0.226. The average molecular weight is 226 g/mol. The van der Waals surface area contributed by atoms with Crippen LogP contribution in [0.5, 0.6) is 0 Å². The number of hydrogen-bond donors (Lipinski definition) is 0. The summed E-state index contributed by atoms with van der Waals surface area (Å²) in [5.74, 6) is 0.925. The zero-order chi connectivity index (χ0) is 12.3. The highest BCUT2D eigenvalue weighted by molar-refractivity contribution is 5.82. The predicted molar refractivity (Wildman–Crippen MR) is 66.4 cm³/mol. The lowest BCUT2D eigenvalue weighted by Crippen LogP contribution is -2.36. The van der Waals surface area contributed by atoms with E-state index in [1.165, 1.54) is 6.42 Å². The van der Waals surface area contributed by atoms with E-state index < -0.39 is 0 Å². The van der Waals surface area contributed by atoms with E-state index in [2.05, 4.69) is 20.8 Å². The third-order valence-electron chi connectivity index (χ3n) is 3.55. The van der Waals surface area contributed by atoms with Crippen molar-refractivity contribution in [1.29, 1.82) is 0 Å². The minimum Gasteiger partial charge on any atom is -0.367 e. The van der Waals surface area contributed by atoms with Crippen molar-refractivity contribution in [3.63, 3.8) is 0 Å². The van der Waals surface area contributed by atoms with Crippen LogP contribution in [0.1, 0.15) is 60.3 Å². The number of hydrogen-bond acceptors (Lipinski definition) is 2. The van der Waals surface area contributed by atoms with Gasteiger partial charge in [-0.15, -0.1) is 0 Å². The van der Waals surface area contributed by atoms with Crippen LogP contribution in [-0.2, 0) is 9.53 Å². The molecule has 0 aromatic heterocycles. The third-order valence-corrected chi connectivity index (χ3v) is 3.55. The van der Waals surface area contributed by atoms with Gasteiger partial charge in [-0.05, 0) is 37.5 Å². The van der Waals surface area contributed by atoms with Gasteiger partial charge >= 0.3 is 0 Å². The molecular weight excluding hydrogens is 200 g/mol. The van der Waals surface area contributed by atoms with Gasteiger partial charge in [-0.1, -0.05) is 27.7 Å². The van der Waals surface area contributed by atoms with Gasteiger partial charge in [0.05, 0.1) is 6.10 Å². The Labute approximate surface area is 99.8 Å². The Morgan fingerprint density at radius 1 is 1.44 bits per heavy atom. The molecule has 0 bridgehead atoms. The quantitative estimate of drug-likeness (QED) is 0.732. The molecule has 0 saturated heterocycles. The normalized spacial score (nSPS) is 31.1. The van der Waals surface area contributed by atoms with E-state index in [1.54, 1.807) is 0 Å². The molecule has 0 spiro atoms. The van der Waals surface area contributed by atoms with Crippen LogP contribution in [0.2, 0.25) is 0 Å². The van der Waals surface area contributed by atoms with Crippen molar-refractivity contribution in [2.45, 2.75) is 72.5 Å². The van der Waals surface area contributed by atoms with Crippen molar-refractivity contribution in [3.05, 3.63) is 0 Å². The topological polar surface area (TPSA) is 26.3 Å². The molecule has 1 fully saturated rings. The monoisotopic (exact) mass is 226 g/mol. The maximum Gasteiger partial charge on any atom is 0.161 e. The first kappa shape index (κ1) is 13.7. The summed E-state index contributed by atoms with van der Waals surface area (Å²) in [6.45, 7) is 10.7. The van der Waals surface area contributed by atoms with Gasteiger partial charge in [0, 0.05) is 6.42 Å². The Kier molecular flexibility index (Phi) is 4.54. The maximum atomic E-state index is 11.5.